The van der Waals surface area contributed by atoms with Crippen LogP contribution in [0.25, 0.3) is 0 Å². The number of nitrogens with one attached hydrogen (secondary N) is 2. The molecule has 0 heterocycles. The van der Waals surface area contributed by atoms with Gasteiger partial charge in [-0.1, -0.05) is 49.6 Å². The molecule has 96 valence electrons. The molecule has 0 aliphatic rings. The van der Waals surface area contributed by atoms with Crippen molar-refractivity contribution < 1.29 is 4.79 Å². The highest BCUT2D eigenvalue weighted by Gasteiger charge is 2.12. The van der Waals surface area contributed by atoms with E-state index in [0.29, 0.717) is 6.54 Å². The average molecular weight is 244 g/mol. The quantitative estimate of drug-likeness (QED) is 0.568. The van der Waals surface area contributed by atoms with Crippen LogP contribution in [-0.2, 0) is 4.79 Å². The summed E-state index contributed by atoms with van der Waals surface area (Å²) in [6.07, 6.45) is 7.07. The lowest BCUT2D eigenvalue weighted by Crippen LogP contribution is -2.36. The Kier molecular flexibility index (Phi) is 6.60. The predicted octanol–water partition coefficient (Wildman–Crippen LogP) is 1.87. The molecule has 18 heavy (non-hydrogen) atoms. The van der Waals surface area contributed by atoms with E-state index in [1.807, 2.05) is 30.3 Å². The van der Waals surface area contributed by atoms with Crippen LogP contribution < -0.4 is 10.6 Å². The van der Waals surface area contributed by atoms with Crippen molar-refractivity contribution in [2.24, 2.45) is 0 Å². The number of benzene rings is 1. The van der Waals surface area contributed by atoms with E-state index in [4.69, 9.17) is 6.42 Å². The Morgan fingerprint density at radius 3 is 2.72 bits per heavy atom. The highest BCUT2D eigenvalue weighted by atomic mass is 16.1. The van der Waals surface area contributed by atoms with Gasteiger partial charge in [0.05, 0.1) is 19.1 Å². The fourth-order valence-corrected chi connectivity index (χ4v) is 1.79. The fraction of sp³-hybridized carbons (Fsp3) is 0.400. The molecule has 1 aromatic carbocycles. The van der Waals surface area contributed by atoms with Crippen LogP contribution in [0.2, 0.25) is 0 Å². The minimum absolute atomic E-state index is 0.0208. The Morgan fingerprint density at radius 2 is 2.11 bits per heavy atom. The van der Waals surface area contributed by atoms with Crippen LogP contribution in [0.5, 0.6) is 0 Å². The SMILES string of the molecule is C#CCNCC(=O)NC(CCC)c1ccccc1. The molecule has 1 aromatic rings. The maximum Gasteiger partial charge on any atom is 0.234 e. The lowest BCUT2D eigenvalue weighted by molar-refractivity contribution is -0.121. The standard InChI is InChI=1S/C15H20N2O/c1-3-8-14(13-9-6-5-7-10-13)17-15(18)12-16-11-4-2/h2,5-7,9-10,14,16H,3,8,11-12H2,1H3,(H,17,18). The largest absolute Gasteiger partial charge is 0.348 e. The van der Waals surface area contributed by atoms with Crippen molar-refractivity contribution >= 4 is 5.91 Å². The summed E-state index contributed by atoms with van der Waals surface area (Å²) in [6, 6.07) is 10.1. The summed E-state index contributed by atoms with van der Waals surface area (Å²) in [5, 5.41) is 5.91. The van der Waals surface area contributed by atoms with E-state index < -0.39 is 0 Å². The van der Waals surface area contributed by atoms with Gasteiger partial charge < -0.3 is 5.32 Å². The van der Waals surface area contributed by atoms with Crippen LogP contribution in [0.1, 0.15) is 31.4 Å². The molecule has 1 atom stereocenters. The van der Waals surface area contributed by atoms with Crippen LogP contribution in [0.3, 0.4) is 0 Å². The van der Waals surface area contributed by atoms with Gasteiger partial charge in [0.15, 0.2) is 0 Å². The van der Waals surface area contributed by atoms with E-state index in [1.54, 1.807) is 0 Å². The number of hydrogen-bond acceptors (Lipinski definition) is 2. The van der Waals surface area contributed by atoms with Crippen molar-refractivity contribution in [3.8, 4) is 12.3 Å². The molecule has 0 saturated heterocycles. The molecule has 1 rings (SSSR count). The molecule has 3 heteroatoms. The normalized spacial score (nSPS) is 11.6. The summed E-state index contributed by atoms with van der Waals surface area (Å²) < 4.78 is 0. The molecular formula is C15H20N2O. The fourth-order valence-electron chi connectivity index (χ4n) is 1.79. The molecular weight excluding hydrogens is 224 g/mol. The van der Waals surface area contributed by atoms with Gasteiger partial charge in [0, 0.05) is 0 Å². The number of terminal acetylenes is 1. The molecule has 0 fully saturated rings. The van der Waals surface area contributed by atoms with Crippen molar-refractivity contribution in [2.45, 2.75) is 25.8 Å². The van der Waals surface area contributed by atoms with E-state index in [1.165, 1.54) is 0 Å². The van der Waals surface area contributed by atoms with Gasteiger partial charge in [0.25, 0.3) is 0 Å². The van der Waals surface area contributed by atoms with E-state index in [2.05, 4.69) is 23.5 Å². The van der Waals surface area contributed by atoms with Crippen molar-refractivity contribution in [1.29, 1.82) is 0 Å². The van der Waals surface area contributed by atoms with E-state index in [0.717, 1.165) is 18.4 Å². The first-order valence-electron chi connectivity index (χ1n) is 6.26. The third-order valence-corrected chi connectivity index (χ3v) is 2.63. The Labute approximate surface area is 109 Å². The molecule has 0 aliphatic heterocycles. The lowest BCUT2D eigenvalue weighted by atomic mass is 10.0. The minimum Gasteiger partial charge on any atom is -0.348 e. The summed E-state index contributed by atoms with van der Waals surface area (Å²) in [7, 11) is 0. The predicted molar refractivity (Wildman–Crippen MR) is 73.9 cm³/mol. The maximum atomic E-state index is 11.7. The smallest absolute Gasteiger partial charge is 0.234 e. The minimum atomic E-state index is -0.0208. The topological polar surface area (TPSA) is 41.1 Å². The van der Waals surface area contributed by atoms with Crippen LogP contribution in [0, 0.1) is 12.3 Å². The summed E-state index contributed by atoms with van der Waals surface area (Å²) >= 11 is 0. The molecule has 0 bridgehead atoms. The van der Waals surface area contributed by atoms with Gasteiger partial charge in [-0.05, 0) is 12.0 Å². The Balaban J connectivity index is 2.53. The van der Waals surface area contributed by atoms with Gasteiger partial charge in [0.2, 0.25) is 5.91 Å². The molecule has 3 nitrogen and oxygen atoms in total. The first kappa shape index (κ1) is 14.3. The molecule has 0 spiro atoms. The highest BCUT2D eigenvalue weighted by molar-refractivity contribution is 5.78. The van der Waals surface area contributed by atoms with Gasteiger partial charge in [0.1, 0.15) is 0 Å². The molecule has 0 aliphatic carbocycles. The van der Waals surface area contributed by atoms with Gasteiger partial charge in [-0.3, -0.25) is 10.1 Å². The van der Waals surface area contributed by atoms with Gasteiger partial charge in [-0.2, -0.15) is 0 Å². The molecule has 1 unspecified atom stereocenters. The number of rotatable bonds is 7. The molecule has 0 aromatic heterocycles. The molecule has 1 amide bonds. The highest BCUT2D eigenvalue weighted by Crippen LogP contribution is 2.17. The van der Waals surface area contributed by atoms with Crippen molar-refractivity contribution in [3.05, 3.63) is 35.9 Å². The molecule has 2 N–H and O–H groups in total. The monoisotopic (exact) mass is 244 g/mol. The van der Waals surface area contributed by atoms with E-state index in [9.17, 15) is 4.79 Å². The summed E-state index contributed by atoms with van der Waals surface area (Å²) in [6.45, 7) is 2.78. The van der Waals surface area contributed by atoms with Gasteiger partial charge in [-0.25, -0.2) is 0 Å². The maximum absolute atomic E-state index is 11.7. The number of carbonyl (C=O) groups is 1. The Hall–Kier alpha value is -1.79. The first-order chi connectivity index (χ1) is 8.77. The number of hydrogen-bond donors (Lipinski definition) is 2. The number of amides is 1. The molecule has 0 saturated carbocycles. The Bertz CT molecular complexity index is 395. The zero-order valence-corrected chi connectivity index (χ0v) is 10.8. The van der Waals surface area contributed by atoms with Crippen molar-refractivity contribution in [2.75, 3.05) is 13.1 Å². The first-order valence-corrected chi connectivity index (χ1v) is 6.26. The summed E-state index contributed by atoms with van der Waals surface area (Å²) in [4.78, 5) is 11.7. The van der Waals surface area contributed by atoms with Crippen LogP contribution in [-0.4, -0.2) is 19.0 Å². The van der Waals surface area contributed by atoms with Gasteiger partial charge >= 0.3 is 0 Å². The second kappa shape index (κ2) is 8.32. The number of carbonyl (C=O) groups excluding carboxylic acids is 1. The van der Waals surface area contributed by atoms with Crippen LogP contribution >= 0.6 is 0 Å². The van der Waals surface area contributed by atoms with Crippen LogP contribution in [0.4, 0.5) is 0 Å². The van der Waals surface area contributed by atoms with Gasteiger partial charge in [-0.15, -0.1) is 6.42 Å². The third-order valence-electron chi connectivity index (χ3n) is 2.63. The molecule has 0 radical (unpaired) electrons. The lowest BCUT2D eigenvalue weighted by Gasteiger charge is -2.18. The average Bonchev–Trinajstić information content (AvgIpc) is 2.39. The van der Waals surface area contributed by atoms with Crippen molar-refractivity contribution in [1.82, 2.24) is 10.6 Å². The zero-order valence-electron chi connectivity index (χ0n) is 10.8. The zero-order chi connectivity index (χ0) is 13.2. The second-order valence-corrected chi connectivity index (χ2v) is 4.13. The van der Waals surface area contributed by atoms with Crippen LogP contribution in [0.15, 0.2) is 30.3 Å². The van der Waals surface area contributed by atoms with E-state index in [-0.39, 0.29) is 18.5 Å². The summed E-state index contributed by atoms with van der Waals surface area (Å²) in [5.41, 5.74) is 1.14. The second-order valence-electron chi connectivity index (χ2n) is 4.13. The van der Waals surface area contributed by atoms with Crippen molar-refractivity contribution in [3.63, 3.8) is 0 Å². The summed E-state index contributed by atoms with van der Waals surface area (Å²) in [5.74, 6) is 2.42. The Morgan fingerprint density at radius 1 is 1.39 bits per heavy atom. The third kappa shape index (κ3) is 5.03. The van der Waals surface area contributed by atoms with E-state index >= 15 is 0 Å².